The number of rotatable bonds is 6. The van der Waals surface area contributed by atoms with E-state index in [1.54, 1.807) is 0 Å². The lowest BCUT2D eigenvalue weighted by Gasteiger charge is -2.18. The van der Waals surface area contributed by atoms with Gasteiger partial charge in [-0.25, -0.2) is 0 Å². The van der Waals surface area contributed by atoms with Crippen molar-refractivity contribution in [3.05, 3.63) is 344 Å². The Morgan fingerprint density at radius 2 is 0.446 bits per heavy atom. The first kappa shape index (κ1) is 56.3. The van der Waals surface area contributed by atoms with Crippen molar-refractivity contribution in [1.29, 1.82) is 0 Å². The van der Waals surface area contributed by atoms with E-state index in [4.69, 9.17) is 0 Å². The standard InChI is InChI=1S/C44H28.C30H21BO2.C14H9Br/c1-2-11-34-27-35(25-19-29(34)9-1)30-17-23-33(24-18-30)43-38-13-5-7-15-40(38)44(41-16-8-6-14-39(41)43)36-26-22-32-21-20-31-10-3-4-12-37(31)42(32)28-36;32-31(33)30-27-11-5-3-9-25(27)29(26-10-4-6-12-28(26)30)22-16-13-21(14-17-22)24-18-15-20-7-1-2-8-23(20)19-24;15-12-8-7-11-6-5-10-3-1-2-4-13(10)14(11)9-12/h1-28H;1-19,32-33H;1-9H. The van der Waals surface area contributed by atoms with Crippen molar-refractivity contribution in [2.45, 2.75) is 0 Å². The van der Waals surface area contributed by atoms with Crippen LogP contribution in [0.5, 0.6) is 0 Å². The van der Waals surface area contributed by atoms with Gasteiger partial charge < -0.3 is 10.0 Å². The molecule has 0 saturated carbocycles. The van der Waals surface area contributed by atoms with Crippen LogP contribution in [0, 0.1) is 0 Å². The van der Waals surface area contributed by atoms with Crippen molar-refractivity contribution in [2.24, 2.45) is 0 Å². The van der Waals surface area contributed by atoms with E-state index in [0.717, 1.165) is 37.1 Å². The maximum absolute atomic E-state index is 10.2. The molecule has 0 spiro atoms. The van der Waals surface area contributed by atoms with Crippen LogP contribution >= 0.6 is 15.9 Å². The summed E-state index contributed by atoms with van der Waals surface area (Å²) in [5, 5.41) is 44.5. The summed E-state index contributed by atoms with van der Waals surface area (Å²) in [5.41, 5.74) is 12.7. The fraction of sp³-hybridized carbons (Fsp3) is 0. The molecule has 0 aliphatic rings. The van der Waals surface area contributed by atoms with E-state index in [1.165, 1.54) is 131 Å². The normalized spacial score (nSPS) is 11.4. The molecule has 0 radical (unpaired) electrons. The van der Waals surface area contributed by atoms with Crippen molar-refractivity contribution in [2.75, 3.05) is 0 Å². The molecule has 0 saturated heterocycles. The molecular weight excluding hydrogens is 1180 g/mol. The second-order valence-corrected chi connectivity index (χ2v) is 24.7. The molecule has 4 heteroatoms. The maximum atomic E-state index is 10.2. The molecule has 0 unspecified atom stereocenters. The summed E-state index contributed by atoms with van der Waals surface area (Å²) < 4.78 is 1.13. The Balaban J connectivity index is 0.000000123. The zero-order valence-electron chi connectivity index (χ0n) is 50.2. The van der Waals surface area contributed by atoms with Gasteiger partial charge in [0.25, 0.3) is 0 Å². The number of fused-ring (bicyclic) bond motifs is 12. The smallest absolute Gasteiger partial charge is 0.423 e. The largest absolute Gasteiger partial charge is 0.489 e. The van der Waals surface area contributed by atoms with Crippen molar-refractivity contribution < 1.29 is 10.0 Å². The molecule has 92 heavy (non-hydrogen) atoms. The lowest BCUT2D eigenvalue weighted by Crippen LogP contribution is -2.31. The highest BCUT2D eigenvalue weighted by Gasteiger charge is 2.23. The Labute approximate surface area is 542 Å². The number of hydrogen-bond acceptors (Lipinski definition) is 2. The third-order valence-corrected chi connectivity index (χ3v) is 18.9. The van der Waals surface area contributed by atoms with E-state index >= 15 is 0 Å². The van der Waals surface area contributed by atoms with Crippen LogP contribution in [0.3, 0.4) is 0 Å². The van der Waals surface area contributed by atoms with E-state index in [0.29, 0.717) is 5.46 Å². The fourth-order valence-electron chi connectivity index (χ4n) is 14.0. The highest BCUT2D eigenvalue weighted by atomic mass is 79.9. The first-order chi connectivity index (χ1) is 45.4. The van der Waals surface area contributed by atoms with Crippen molar-refractivity contribution in [3.8, 4) is 55.6 Å². The highest BCUT2D eigenvalue weighted by Crippen LogP contribution is 2.45. The highest BCUT2D eigenvalue weighted by molar-refractivity contribution is 9.10. The SMILES string of the molecule is Brc1ccc2ccc3ccccc3c2c1.OB(O)c1c2ccccc2c(-c2ccc(-c3ccc4ccccc4c3)cc2)c2ccccc12.c1ccc2cc(-c3ccc(-c4c5ccccc5c(-c5ccc6ccc7ccccc7c6c5)c5ccccc45)cc3)ccc2c1. The summed E-state index contributed by atoms with van der Waals surface area (Å²) in [6.07, 6.45) is 0. The van der Waals surface area contributed by atoms with Crippen LogP contribution in [0.4, 0.5) is 0 Å². The molecule has 432 valence electrons. The van der Waals surface area contributed by atoms with Gasteiger partial charge in [0.05, 0.1) is 0 Å². The molecule has 0 aliphatic heterocycles. The molecule has 0 bridgehead atoms. The lowest BCUT2D eigenvalue weighted by molar-refractivity contribution is 0.426. The molecule has 2 nitrogen and oxygen atoms in total. The van der Waals surface area contributed by atoms with Gasteiger partial charge in [-0.1, -0.05) is 325 Å². The summed E-state index contributed by atoms with van der Waals surface area (Å²) in [5.74, 6) is 0. The Morgan fingerprint density at radius 3 is 0.859 bits per heavy atom. The number of benzene rings is 18. The predicted molar refractivity (Wildman–Crippen MR) is 399 cm³/mol. The Bertz CT molecular complexity index is 5760. The summed E-state index contributed by atoms with van der Waals surface area (Å²) in [6, 6.07) is 121. The van der Waals surface area contributed by atoms with Gasteiger partial charge in [-0.15, -0.1) is 0 Å². The summed E-state index contributed by atoms with van der Waals surface area (Å²) in [6.45, 7) is 0. The van der Waals surface area contributed by atoms with Gasteiger partial charge in [0, 0.05) is 4.47 Å². The molecule has 0 atom stereocenters. The topological polar surface area (TPSA) is 40.5 Å². The second-order valence-electron chi connectivity index (χ2n) is 23.7. The Morgan fingerprint density at radius 1 is 0.185 bits per heavy atom. The molecule has 0 heterocycles. The predicted octanol–water partition coefficient (Wildman–Crippen LogP) is 23.4. The summed E-state index contributed by atoms with van der Waals surface area (Å²) >= 11 is 3.52. The Kier molecular flexibility index (Phi) is 14.7. The van der Waals surface area contributed by atoms with Crippen LogP contribution in [0.1, 0.15) is 0 Å². The molecule has 0 aliphatic carbocycles. The van der Waals surface area contributed by atoms with E-state index in [9.17, 15) is 10.0 Å². The van der Waals surface area contributed by atoms with Crippen LogP contribution in [0.15, 0.2) is 344 Å². The average molecular weight is 1240 g/mol. The first-order valence-electron chi connectivity index (χ1n) is 31.3. The second kappa shape index (κ2) is 24.1. The molecule has 18 aromatic rings. The quantitative estimate of drug-likeness (QED) is 0.0990. The summed E-state index contributed by atoms with van der Waals surface area (Å²) in [7, 11) is -1.54. The third kappa shape index (κ3) is 10.4. The van der Waals surface area contributed by atoms with Gasteiger partial charge in [0.15, 0.2) is 0 Å². The number of hydrogen-bond donors (Lipinski definition) is 2. The van der Waals surface area contributed by atoms with Crippen LogP contribution in [0.25, 0.3) is 163 Å². The van der Waals surface area contributed by atoms with Crippen molar-refractivity contribution in [1.82, 2.24) is 0 Å². The van der Waals surface area contributed by atoms with E-state index < -0.39 is 7.12 Å². The van der Waals surface area contributed by atoms with Gasteiger partial charge in [0.2, 0.25) is 0 Å². The van der Waals surface area contributed by atoms with Gasteiger partial charge in [0.1, 0.15) is 0 Å². The van der Waals surface area contributed by atoms with Gasteiger partial charge >= 0.3 is 7.12 Å². The molecule has 18 aromatic carbocycles. The zero-order valence-corrected chi connectivity index (χ0v) is 51.8. The minimum Gasteiger partial charge on any atom is -0.423 e. The van der Waals surface area contributed by atoms with Crippen LogP contribution < -0.4 is 5.46 Å². The van der Waals surface area contributed by atoms with E-state index in [1.807, 2.05) is 36.4 Å². The molecule has 2 N–H and O–H groups in total. The first-order valence-corrected chi connectivity index (χ1v) is 32.1. The summed E-state index contributed by atoms with van der Waals surface area (Å²) in [4.78, 5) is 0. The van der Waals surface area contributed by atoms with Gasteiger partial charge in [-0.05, 0) is 199 Å². The average Bonchev–Trinajstić information content (AvgIpc) is 0.774. The minimum absolute atomic E-state index is 0.553. The van der Waals surface area contributed by atoms with Gasteiger partial charge in [-0.3, -0.25) is 0 Å². The lowest BCUT2D eigenvalue weighted by atomic mass is 9.72. The molecule has 0 aromatic heterocycles. The van der Waals surface area contributed by atoms with E-state index in [2.05, 4.69) is 319 Å². The van der Waals surface area contributed by atoms with Crippen molar-refractivity contribution >= 4 is 136 Å². The maximum Gasteiger partial charge on any atom is 0.489 e. The van der Waals surface area contributed by atoms with Crippen molar-refractivity contribution in [3.63, 3.8) is 0 Å². The zero-order chi connectivity index (χ0) is 61.7. The molecular formula is C88H58BBrO2. The van der Waals surface area contributed by atoms with E-state index in [-0.39, 0.29) is 0 Å². The third-order valence-electron chi connectivity index (χ3n) is 18.4. The molecule has 0 fully saturated rings. The molecule has 0 amide bonds. The number of halogens is 1. The Hall–Kier alpha value is -11.0. The van der Waals surface area contributed by atoms with Crippen LogP contribution in [-0.2, 0) is 0 Å². The van der Waals surface area contributed by atoms with Crippen LogP contribution in [0.2, 0.25) is 0 Å². The fourth-order valence-corrected chi connectivity index (χ4v) is 14.4. The van der Waals surface area contributed by atoms with Gasteiger partial charge in [-0.2, -0.15) is 0 Å². The van der Waals surface area contributed by atoms with Crippen LogP contribution in [-0.4, -0.2) is 17.2 Å². The monoisotopic (exact) mass is 1240 g/mol. The molecule has 18 rings (SSSR count). The minimum atomic E-state index is -1.54.